The van der Waals surface area contributed by atoms with Crippen molar-refractivity contribution in [1.82, 2.24) is 15.5 Å². The van der Waals surface area contributed by atoms with E-state index in [9.17, 15) is 4.79 Å². The molecule has 0 aliphatic heterocycles. The summed E-state index contributed by atoms with van der Waals surface area (Å²) in [5.74, 6) is 0.901. The highest BCUT2D eigenvalue weighted by Crippen LogP contribution is 2.27. The highest BCUT2D eigenvalue weighted by atomic mass is 79.9. The lowest BCUT2D eigenvalue weighted by atomic mass is 9.85. The summed E-state index contributed by atoms with van der Waals surface area (Å²) in [6.45, 7) is 4.90. The monoisotopic (exact) mass is 299 g/mol. The zero-order valence-electron chi connectivity index (χ0n) is 10.2. The number of carbonyl (C=O) groups excluding carboxylic acids is 1. The maximum Gasteiger partial charge on any atom is 0.272 e. The predicted octanol–water partition coefficient (Wildman–Crippen LogP) is 2.83. The molecule has 1 saturated carbocycles. The van der Waals surface area contributed by atoms with Crippen LogP contribution in [0, 0.1) is 5.92 Å². The lowest BCUT2D eigenvalue weighted by Gasteiger charge is -2.25. The van der Waals surface area contributed by atoms with Crippen molar-refractivity contribution in [3.05, 3.63) is 15.9 Å². The van der Waals surface area contributed by atoms with Gasteiger partial charge in [-0.25, -0.2) is 0 Å². The molecular weight excluding hydrogens is 282 g/mol. The minimum atomic E-state index is -0.0908. The fourth-order valence-electron chi connectivity index (χ4n) is 1.89. The van der Waals surface area contributed by atoms with Crippen LogP contribution in [0.3, 0.4) is 0 Å². The number of aromatic amines is 1. The second kappa shape index (κ2) is 5.21. The van der Waals surface area contributed by atoms with Crippen LogP contribution in [0.15, 0.2) is 4.47 Å². The molecule has 0 bridgehead atoms. The molecule has 1 aliphatic rings. The number of carbonyl (C=O) groups is 1. The number of H-pyrrole nitrogens is 1. The Morgan fingerprint density at radius 3 is 2.76 bits per heavy atom. The van der Waals surface area contributed by atoms with E-state index in [0.29, 0.717) is 17.5 Å². The van der Waals surface area contributed by atoms with Crippen LogP contribution in [0.5, 0.6) is 0 Å². The van der Waals surface area contributed by atoms with Gasteiger partial charge >= 0.3 is 0 Å². The van der Waals surface area contributed by atoms with Gasteiger partial charge in [0.15, 0.2) is 5.69 Å². The number of rotatable bonds is 4. The third kappa shape index (κ3) is 2.70. The summed E-state index contributed by atoms with van der Waals surface area (Å²) in [5.41, 5.74) is 1.44. The zero-order chi connectivity index (χ0) is 12.4. The quantitative estimate of drug-likeness (QED) is 0.898. The Bertz CT molecular complexity index is 410. The Labute approximate surface area is 110 Å². The van der Waals surface area contributed by atoms with E-state index in [1.165, 1.54) is 19.3 Å². The number of amides is 1. The van der Waals surface area contributed by atoms with Crippen LogP contribution in [0.25, 0.3) is 0 Å². The third-order valence-corrected chi connectivity index (χ3v) is 4.10. The lowest BCUT2D eigenvalue weighted by molar-refractivity contribution is 0.0933. The molecular formula is C12H18BrN3O. The van der Waals surface area contributed by atoms with Crippen molar-refractivity contribution in [2.45, 2.75) is 39.0 Å². The van der Waals surface area contributed by atoms with Gasteiger partial charge in [-0.15, -0.1) is 0 Å². The fourth-order valence-corrected chi connectivity index (χ4v) is 2.71. The van der Waals surface area contributed by atoms with E-state index in [-0.39, 0.29) is 5.91 Å². The molecule has 94 valence electrons. The van der Waals surface area contributed by atoms with Crippen LogP contribution in [-0.2, 0) is 0 Å². The molecule has 1 amide bonds. The summed E-state index contributed by atoms with van der Waals surface area (Å²) in [5, 5.41) is 9.93. The molecule has 1 aromatic heterocycles. The molecule has 0 unspecified atom stereocenters. The largest absolute Gasteiger partial charge is 0.350 e. The van der Waals surface area contributed by atoms with E-state index in [1.807, 2.05) is 0 Å². The van der Waals surface area contributed by atoms with Crippen LogP contribution < -0.4 is 5.32 Å². The minimum absolute atomic E-state index is 0.0908. The SMILES string of the molecule is CC(C)c1[nH]nc(C(=O)NCC2CCC2)c1Br. The molecule has 0 atom stereocenters. The van der Waals surface area contributed by atoms with Crippen molar-refractivity contribution >= 4 is 21.8 Å². The first kappa shape index (κ1) is 12.6. The first-order valence-electron chi connectivity index (χ1n) is 6.11. The van der Waals surface area contributed by atoms with Crippen molar-refractivity contribution in [3.63, 3.8) is 0 Å². The number of aromatic nitrogens is 2. The molecule has 5 heteroatoms. The topological polar surface area (TPSA) is 57.8 Å². The van der Waals surface area contributed by atoms with Crippen LogP contribution in [-0.4, -0.2) is 22.6 Å². The van der Waals surface area contributed by atoms with Gasteiger partial charge in [0.25, 0.3) is 5.91 Å². The summed E-state index contributed by atoms with van der Waals surface area (Å²) in [7, 11) is 0. The van der Waals surface area contributed by atoms with E-state index in [0.717, 1.165) is 16.7 Å². The average molecular weight is 300 g/mol. The maximum absolute atomic E-state index is 11.9. The van der Waals surface area contributed by atoms with Crippen LogP contribution >= 0.6 is 15.9 Å². The first-order valence-corrected chi connectivity index (χ1v) is 6.90. The molecule has 0 aromatic carbocycles. The van der Waals surface area contributed by atoms with Gasteiger partial charge in [-0.2, -0.15) is 5.10 Å². The lowest BCUT2D eigenvalue weighted by Crippen LogP contribution is -2.32. The summed E-state index contributed by atoms with van der Waals surface area (Å²) in [6, 6.07) is 0. The summed E-state index contributed by atoms with van der Waals surface area (Å²) in [4.78, 5) is 11.9. The van der Waals surface area contributed by atoms with Gasteiger partial charge in [-0.05, 0) is 40.6 Å². The molecule has 2 rings (SSSR count). The van der Waals surface area contributed by atoms with Gasteiger partial charge in [0, 0.05) is 6.54 Å². The smallest absolute Gasteiger partial charge is 0.272 e. The number of hydrogen-bond acceptors (Lipinski definition) is 2. The molecule has 0 spiro atoms. The summed E-state index contributed by atoms with van der Waals surface area (Å²) >= 11 is 3.44. The van der Waals surface area contributed by atoms with Gasteiger partial charge in [0.1, 0.15) is 0 Å². The Kier molecular flexibility index (Phi) is 3.86. The van der Waals surface area contributed by atoms with E-state index < -0.39 is 0 Å². The number of nitrogens with one attached hydrogen (secondary N) is 2. The van der Waals surface area contributed by atoms with Crippen molar-refractivity contribution in [2.75, 3.05) is 6.54 Å². The molecule has 17 heavy (non-hydrogen) atoms. The van der Waals surface area contributed by atoms with Gasteiger partial charge in [0.05, 0.1) is 10.2 Å². The Balaban J connectivity index is 1.98. The Morgan fingerprint density at radius 1 is 1.59 bits per heavy atom. The van der Waals surface area contributed by atoms with Crippen LogP contribution in [0.4, 0.5) is 0 Å². The van der Waals surface area contributed by atoms with E-state index in [4.69, 9.17) is 0 Å². The zero-order valence-corrected chi connectivity index (χ0v) is 11.8. The fraction of sp³-hybridized carbons (Fsp3) is 0.667. The van der Waals surface area contributed by atoms with Crippen molar-refractivity contribution in [1.29, 1.82) is 0 Å². The second-order valence-corrected chi connectivity index (χ2v) is 5.75. The molecule has 2 N–H and O–H groups in total. The van der Waals surface area contributed by atoms with E-state index in [2.05, 4.69) is 45.3 Å². The number of halogens is 1. The number of nitrogens with zero attached hydrogens (tertiary/aromatic N) is 1. The third-order valence-electron chi connectivity index (χ3n) is 3.30. The molecule has 1 aliphatic carbocycles. The number of hydrogen-bond donors (Lipinski definition) is 2. The predicted molar refractivity (Wildman–Crippen MR) is 70.1 cm³/mol. The van der Waals surface area contributed by atoms with Gasteiger partial charge in [0.2, 0.25) is 0 Å². The van der Waals surface area contributed by atoms with Crippen molar-refractivity contribution in [3.8, 4) is 0 Å². The van der Waals surface area contributed by atoms with Crippen LogP contribution in [0.1, 0.15) is 55.2 Å². The van der Waals surface area contributed by atoms with Gasteiger partial charge in [-0.3, -0.25) is 9.89 Å². The standard InChI is InChI=1S/C12H18BrN3O/c1-7(2)10-9(13)11(16-15-10)12(17)14-6-8-4-3-5-8/h7-8H,3-6H2,1-2H3,(H,14,17)(H,15,16). The normalized spacial score (nSPS) is 16.0. The Morgan fingerprint density at radius 2 is 2.29 bits per heavy atom. The van der Waals surface area contributed by atoms with Crippen molar-refractivity contribution in [2.24, 2.45) is 5.92 Å². The molecule has 0 radical (unpaired) electrons. The highest BCUT2D eigenvalue weighted by molar-refractivity contribution is 9.10. The maximum atomic E-state index is 11.9. The van der Waals surface area contributed by atoms with Gasteiger partial charge in [-0.1, -0.05) is 20.3 Å². The molecule has 0 saturated heterocycles. The Hall–Kier alpha value is -0.840. The molecule has 1 heterocycles. The van der Waals surface area contributed by atoms with Gasteiger partial charge < -0.3 is 5.32 Å². The molecule has 4 nitrogen and oxygen atoms in total. The minimum Gasteiger partial charge on any atom is -0.350 e. The second-order valence-electron chi connectivity index (χ2n) is 4.96. The van der Waals surface area contributed by atoms with Crippen molar-refractivity contribution < 1.29 is 4.79 Å². The highest BCUT2D eigenvalue weighted by Gasteiger charge is 2.22. The van der Waals surface area contributed by atoms with Crippen LogP contribution in [0.2, 0.25) is 0 Å². The van der Waals surface area contributed by atoms with E-state index in [1.54, 1.807) is 0 Å². The summed E-state index contributed by atoms with van der Waals surface area (Å²) in [6.07, 6.45) is 3.77. The molecule has 1 aromatic rings. The molecule has 1 fully saturated rings. The van der Waals surface area contributed by atoms with E-state index >= 15 is 0 Å². The average Bonchev–Trinajstić information content (AvgIpc) is 2.57. The summed E-state index contributed by atoms with van der Waals surface area (Å²) < 4.78 is 0.790. The first-order chi connectivity index (χ1) is 8.09.